The second kappa shape index (κ2) is 8.76. The number of hydrogen-bond acceptors (Lipinski definition) is 2. The zero-order valence-electron chi connectivity index (χ0n) is 12.4. The van der Waals surface area contributed by atoms with Crippen LogP contribution in [-0.4, -0.2) is 30.7 Å². The third-order valence-electron chi connectivity index (χ3n) is 3.03. The van der Waals surface area contributed by atoms with Crippen molar-refractivity contribution in [3.05, 3.63) is 33.8 Å². The predicted octanol–water partition coefficient (Wildman–Crippen LogP) is 4.33. The van der Waals surface area contributed by atoms with Crippen LogP contribution in [0.1, 0.15) is 31.4 Å². The summed E-state index contributed by atoms with van der Waals surface area (Å²) in [6, 6.07) is 5.83. The fraction of sp³-hybridized carbons (Fsp3) is 0.600. The first-order valence-electron chi connectivity index (χ1n) is 7.12. The number of alkyl halides is 3. The highest BCUT2D eigenvalue weighted by Crippen LogP contribution is 2.23. The van der Waals surface area contributed by atoms with Gasteiger partial charge >= 0.3 is 6.18 Å². The van der Waals surface area contributed by atoms with Crippen molar-refractivity contribution in [1.29, 1.82) is 0 Å². The summed E-state index contributed by atoms with van der Waals surface area (Å²) < 4.78 is 38.6. The van der Waals surface area contributed by atoms with Gasteiger partial charge in [-0.3, -0.25) is 4.90 Å². The summed E-state index contributed by atoms with van der Waals surface area (Å²) in [6.07, 6.45) is -3.46. The molecule has 0 unspecified atom stereocenters. The van der Waals surface area contributed by atoms with Crippen LogP contribution in [0.15, 0.2) is 22.7 Å². The molecule has 1 aromatic carbocycles. The van der Waals surface area contributed by atoms with Crippen LogP contribution in [0.2, 0.25) is 0 Å². The molecular formula is C15H22BrF3N2. The molecule has 1 aromatic rings. The summed E-state index contributed by atoms with van der Waals surface area (Å²) in [6.45, 7) is 5.43. The molecule has 0 spiro atoms. The lowest BCUT2D eigenvalue weighted by molar-refractivity contribution is -0.147. The molecule has 21 heavy (non-hydrogen) atoms. The van der Waals surface area contributed by atoms with Crippen LogP contribution in [0.4, 0.5) is 13.2 Å². The fourth-order valence-electron chi connectivity index (χ4n) is 2.12. The Morgan fingerprint density at radius 1 is 1.24 bits per heavy atom. The van der Waals surface area contributed by atoms with E-state index in [4.69, 9.17) is 0 Å². The number of benzene rings is 1. The zero-order chi connectivity index (χ0) is 15.9. The highest BCUT2D eigenvalue weighted by atomic mass is 79.9. The van der Waals surface area contributed by atoms with E-state index in [1.807, 2.05) is 32.0 Å². The second-order valence-electron chi connectivity index (χ2n) is 5.03. The SMILES string of the molecule is CCCN(Cc1ccc(CNCC)cc1Br)CC(F)(F)F. The van der Waals surface area contributed by atoms with Gasteiger partial charge in [-0.2, -0.15) is 13.2 Å². The first-order valence-corrected chi connectivity index (χ1v) is 7.92. The topological polar surface area (TPSA) is 15.3 Å². The highest BCUT2D eigenvalue weighted by Gasteiger charge is 2.30. The molecule has 0 aliphatic carbocycles. The summed E-state index contributed by atoms with van der Waals surface area (Å²) in [4.78, 5) is 1.43. The first-order chi connectivity index (χ1) is 9.85. The Kier molecular flexibility index (Phi) is 7.70. The average molecular weight is 367 g/mol. The number of nitrogens with one attached hydrogen (secondary N) is 1. The van der Waals surface area contributed by atoms with Crippen molar-refractivity contribution in [2.24, 2.45) is 0 Å². The first kappa shape index (κ1) is 18.5. The fourth-order valence-corrected chi connectivity index (χ4v) is 2.67. The maximum atomic E-state index is 12.6. The van der Waals surface area contributed by atoms with Crippen molar-refractivity contribution in [2.75, 3.05) is 19.6 Å². The van der Waals surface area contributed by atoms with E-state index in [9.17, 15) is 13.2 Å². The van der Waals surface area contributed by atoms with Gasteiger partial charge in [0.05, 0.1) is 6.54 Å². The molecule has 1 rings (SSSR count). The molecule has 2 nitrogen and oxygen atoms in total. The molecule has 6 heteroatoms. The number of hydrogen-bond donors (Lipinski definition) is 1. The molecule has 0 saturated heterocycles. The van der Waals surface area contributed by atoms with Gasteiger partial charge in [-0.1, -0.05) is 41.9 Å². The Balaban J connectivity index is 2.74. The second-order valence-corrected chi connectivity index (χ2v) is 5.89. The number of halogens is 4. The van der Waals surface area contributed by atoms with Gasteiger partial charge in [0.2, 0.25) is 0 Å². The average Bonchev–Trinajstić information content (AvgIpc) is 2.37. The summed E-state index contributed by atoms with van der Waals surface area (Å²) in [5.74, 6) is 0. The van der Waals surface area contributed by atoms with Gasteiger partial charge in [-0.15, -0.1) is 0 Å². The Morgan fingerprint density at radius 2 is 1.95 bits per heavy atom. The van der Waals surface area contributed by atoms with Gasteiger partial charge in [-0.25, -0.2) is 0 Å². The minimum atomic E-state index is -4.16. The van der Waals surface area contributed by atoms with Crippen molar-refractivity contribution in [1.82, 2.24) is 10.2 Å². The van der Waals surface area contributed by atoms with E-state index < -0.39 is 12.7 Å². The lowest BCUT2D eigenvalue weighted by atomic mass is 10.1. The molecule has 0 heterocycles. The van der Waals surface area contributed by atoms with Crippen LogP contribution < -0.4 is 5.32 Å². The normalized spacial score (nSPS) is 12.1. The van der Waals surface area contributed by atoms with E-state index in [2.05, 4.69) is 21.2 Å². The van der Waals surface area contributed by atoms with Crippen molar-refractivity contribution in [3.8, 4) is 0 Å². The van der Waals surface area contributed by atoms with E-state index in [0.29, 0.717) is 19.5 Å². The summed E-state index contributed by atoms with van der Waals surface area (Å²) in [5.41, 5.74) is 2.00. The number of rotatable bonds is 8. The Bertz CT molecular complexity index is 435. The maximum Gasteiger partial charge on any atom is 0.401 e. The molecule has 120 valence electrons. The van der Waals surface area contributed by atoms with E-state index in [0.717, 1.165) is 28.7 Å². The van der Waals surface area contributed by atoms with E-state index >= 15 is 0 Å². The predicted molar refractivity (Wildman–Crippen MR) is 83.1 cm³/mol. The Hall–Kier alpha value is -0.590. The molecule has 1 N–H and O–H groups in total. The molecule has 0 aromatic heterocycles. The Labute approximate surface area is 132 Å². The molecule has 0 saturated carbocycles. The van der Waals surface area contributed by atoms with Gasteiger partial charge in [0.1, 0.15) is 0 Å². The zero-order valence-corrected chi connectivity index (χ0v) is 14.0. The van der Waals surface area contributed by atoms with Gasteiger partial charge < -0.3 is 5.32 Å². The molecule has 0 radical (unpaired) electrons. The monoisotopic (exact) mass is 366 g/mol. The highest BCUT2D eigenvalue weighted by molar-refractivity contribution is 9.10. The standard InChI is InChI=1S/C15H22BrF3N2/c1-3-7-21(11-15(17,18)19)10-13-6-5-12(8-14(13)16)9-20-4-2/h5-6,8,20H,3-4,7,9-11H2,1-2H3. The van der Waals surface area contributed by atoms with Crippen molar-refractivity contribution >= 4 is 15.9 Å². The van der Waals surface area contributed by atoms with Crippen molar-refractivity contribution in [3.63, 3.8) is 0 Å². The van der Waals surface area contributed by atoms with E-state index in [-0.39, 0.29) is 0 Å². The van der Waals surface area contributed by atoms with E-state index in [1.165, 1.54) is 4.90 Å². The summed E-state index contributed by atoms with van der Waals surface area (Å²) in [7, 11) is 0. The molecular weight excluding hydrogens is 345 g/mol. The Morgan fingerprint density at radius 3 is 2.48 bits per heavy atom. The van der Waals surface area contributed by atoms with Gasteiger partial charge in [-0.05, 0) is 36.7 Å². The summed E-state index contributed by atoms with van der Waals surface area (Å²) >= 11 is 3.46. The molecule has 0 amide bonds. The van der Waals surface area contributed by atoms with Crippen LogP contribution in [0.3, 0.4) is 0 Å². The lowest BCUT2D eigenvalue weighted by Gasteiger charge is -2.23. The van der Waals surface area contributed by atoms with Gasteiger partial charge in [0.25, 0.3) is 0 Å². The van der Waals surface area contributed by atoms with Crippen LogP contribution >= 0.6 is 15.9 Å². The van der Waals surface area contributed by atoms with Crippen LogP contribution in [0, 0.1) is 0 Å². The van der Waals surface area contributed by atoms with Crippen LogP contribution in [-0.2, 0) is 13.1 Å². The molecule has 0 aliphatic heterocycles. The third kappa shape index (κ3) is 7.29. The molecule has 0 bridgehead atoms. The van der Waals surface area contributed by atoms with Crippen LogP contribution in [0.5, 0.6) is 0 Å². The maximum absolute atomic E-state index is 12.6. The number of nitrogens with zero attached hydrogens (tertiary/aromatic N) is 1. The van der Waals surface area contributed by atoms with Gasteiger partial charge in [0.15, 0.2) is 0 Å². The minimum Gasteiger partial charge on any atom is -0.313 e. The molecule has 0 atom stereocenters. The smallest absolute Gasteiger partial charge is 0.313 e. The third-order valence-corrected chi connectivity index (χ3v) is 3.77. The van der Waals surface area contributed by atoms with Crippen molar-refractivity contribution < 1.29 is 13.2 Å². The molecule has 0 aliphatic rings. The van der Waals surface area contributed by atoms with Crippen molar-refractivity contribution in [2.45, 2.75) is 39.5 Å². The molecule has 0 fully saturated rings. The summed E-state index contributed by atoms with van der Waals surface area (Å²) in [5, 5.41) is 3.22. The minimum absolute atomic E-state index is 0.301. The quantitative estimate of drug-likeness (QED) is 0.736. The van der Waals surface area contributed by atoms with Gasteiger partial charge in [0, 0.05) is 17.6 Å². The largest absolute Gasteiger partial charge is 0.401 e. The van der Waals surface area contributed by atoms with Crippen LogP contribution in [0.25, 0.3) is 0 Å². The lowest BCUT2D eigenvalue weighted by Crippen LogP contribution is -2.34. The van der Waals surface area contributed by atoms with E-state index in [1.54, 1.807) is 0 Å².